The number of para-hydroxylation sites is 1. The molecule has 2 heteroatoms. The number of nitrogens with zero attached hydrogens (tertiary/aromatic N) is 1. The van der Waals surface area contributed by atoms with E-state index >= 15 is 0 Å². The van der Waals surface area contributed by atoms with Crippen LogP contribution in [0.2, 0.25) is 0 Å². The molecule has 0 bridgehead atoms. The third-order valence-corrected chi connectivity index (χ3v) is 6.31. The van der Waals surface area contributed by atoms with Crippen LogP contribution in [0.15, 0.2) is 48.5 Å². The van der Waals surface area contributed by atoms with Crippen molar-refractivity contribution < 1.29 is 9.22 Å². The number of ether oxygens (including phenoxy) is 1. The molecule has 0 N–H and O–H groups in total. The van der Waals surface area contributed by atoms with Crippen LogP contribution in [0.4, 0.5) is 0 Å². The molecule has 1 aliphatic heterocycles. The van der Waals surface area contributed by atoms with E-state index in [2.05, 4.69) is 62.4 Å². The summed E-state index contributed by atoms with van der Waals surface area (Å²) in [5, 5.41) is 0. The predicted octanol–water partition coefficient (Wildman–Crippen LogP) is 6.44. The lowest BCUT2D eigenvalue weighted by Gasteiger charge is -2.38. The molecule has 152 valence electrons. The molecule has 0 saturated carbocycles. The second kappa shape index (κ2) is 10.7. The second-order valence-corrected chi connectivity index (χ2v) is 8.70. The molecule has 1 heterocycles. The smallest absolute Gasteiger partial charge is 0.125 e. The van der Waals surface area contributed by atoms with Gasteiger partial charge in [-0.05, 0) is 69.9 Å². The maximum absolute atomic E-state index is 6.10. The lowest BCUT2D eigenvalue weighted by molar-refractivity contribution is -0.940. The van der Waals surface area contributed by atoms with Crippen LogP contribution in [0.3, 0.4) is 0 Å². The van der Waals surface area contributed by atoms with Gasteiger partial charge in [0.15, 0.2) is 0 Å². The number of quaternary nitrogens is 1. The topological polar surface area (TPSA) is 9.23 Å². The summed E-state index contributed by atoms with van der Waals surface area (Å²) in [6, 6.07) is 17.5. The Morgan fingerprint density at radius 3 is 2.11 bits per heavy atom. The Kier molecular flexibility index (Phi) is 7.97. The van der Waals surface area contributed by atoms with E-state index in [0.29, 0.717) is 0 Å². The SMILES string of the molecule is Cc1cccc(C)c1OCCCCC[N+]1(Cc2ccccc2)CCCCCC1. The molecule has 2 aromatic carbocycles. The van der Waals surface area contributed by atoms with E-state index in [4.69, 9.17) is 4.74 Å². The van der Waals surface area contributed by atoms with Gasteiger partial charge in [-0.25, -0.2) is 0 Å². The van der Waals surface area contributed by atoms with Crippen molar-refractivity contribution in [1.29, 1.82) is 0 Å². The maximum Gasteiger partial charge on any atom is 0.125 e. The molecule has 0 atom stereocenters. The normalized spacial score (nSPS) is 16.5. The quantitative estimate of drug-likeness (QED) is 0.359. The second-order valence-electron chi connectivity index (χ2n) is 8.70. The zero-order valence-electron chi connectivity index (χ0n) is 18.0. The molecule has 0 aromatic heterocycles. The van der Waals surface area contributed by atoms with Gasteiger partial charge in [-0.1, -0.05) is 48.5 Å². The highest BCUT2D eigenvalue weighted by atomic mass is 16.5. The summed E-state index contributed by atoms with van der Waals surface area (Å²) >= 11 is 0. The van der Waals surface area contributed by atoms with Gasteiger partial charge in [0.05, 0.1) is 26.2 Å². The minimum Gasteiger partial charge on any atom is -0.493 e. The average Bonchev–Trinajstić information content (AvgIpc) is 2.93. The maximum atomic E-state index is 6.10. The van der Waals surface area contributed by atoms with E-state index in [9.17, 15) is 0 Å². The van der Waals surface area contributed by atoms with Crippen LogP contribution in [-0.2, 0) is 6.54 Å². The molecule has 0 unspecified atom stereocenters. The average molecular weight is 381 g/mol. The summed E-state index contributed by atoms with van der Waals surface area (Å²) in [6.07, 6.45) is 9.34. The minimum atomic E-state index is 0.838. The fraction of sp³-hybridized carbons (Fsp3) is 0.538. The van der Waals surface area contributed by atoms with Gasteiger partial charge in [-0.3, -0.25) is 0 Å². The van der Waals surface area contributed by atoms with Crippen molar-refractivity contribution in [1.82, 2.24) is 0 Å². The summed E-state index contributed by atoms with van der Waals surface area (Å²) in [5.41, 5.74) is 4.00. The molecule has 2 nitrogen and oxygen atoms in total. The van der Waals surface area contributed by atoms with Gasteiger partial charge < -0.3 is 9.22 Å². The Hall–Kier alpha value is -1.80. The minimum absolute atomic E-state index is 0.838. The molecule has 0 spiro atoms. The monoisotopic (exact) mass is 380 g/mol. The third-order valence-electron chi connectivity index (χ3n) is 6.31. The van der Waals surface area contributed by atoms with Gasteiger partial charge in [-0.15, -0.1) is 0 Å². The first-order valence-corrected chi connectivity index (χ1v) is 11.3. The molecule has 3 rings (SSSR count). The fourth-order valence-electron chi connectivity index (χ4n) is 4.72. The summed E-state index contributed by atoms with van der Waals surface area (Å²) in [5.74, 6) is 1.09. The standard InChI is InChI=1S/C26H38NO/c1-23-14-13-15-24(2)26(23)28-21-12-6-11-20-27(18-9-3-4-10-19-27)22-25-16-7-5-8-17-25/h5,7-8,13-17H,3-4,6,9-12,18-22H2,1-2H3/q+1. The molecule has 0 radical (unpaired) electrons. The van der Waals surface area contributed by atoms with E-state index in [-0.39, 0.29) is 0 Å². The van der Waals surface area contributed by atoms with Crippen LogP contribution < -0.4 is 4.74 Å². The predicted molar refractivity (Wildman–Crippen MR) is 119 cm³/mol. The van der Waals surface area contributed by atoms with Gasteiger partial charge in [0.2, 0.25) is 0 Å². The first-order chi connectivity index (χ1) is 13.7. The van der Waals surface area contributed by atoms with Gasteiger partial charge in [0.25, 0.3) is 0 Å². The van der Waals surface area contributed by atoms with Crippen LogP contribution in [0, 0.1) is 13.8 Å². The molecule has 1 saturated heterocycles. The van der Waals surface area contributed by atoms with Gasteiger partial charge in [-0.2, -0.15) is 0 Å². The van der Waals surface area contributed by atoms with Gasteiger partial charge >= 0.3 is 0 Å². The molecule has 1 aliphatic rings. The van der Waals surface area contributed by atoms with Crippen molar-refractivity contribution in [2.24, 2.45) is 0 Å². The van der Waals surface area contributed by atoms with Crippen molar-refractivity contribution in [3.8, 4) is 5.75 Å². The number of benzene rings is 2. The van der Waals surface area contributed by atoms with E-state index in [0.717, 1.165) is 18.8 Å². The third kappa shape index (κ3) is 6.10. The Morgan fingerprint density at radius 2 is 1.43 bits per heavy atom. The molecule has 28 heavy (non-hydrogen) atoms. The largest absolute Gasteiger partial charge is 0.493 e. The number of hydrogen-bond donors (Lipinski definition) is 0. The Bertz CT molecular complexity index is 681. The van der Waals surface area contributed by atoms with E-state index in [1.807, 2.05) is 0 Å². The Morgan fingerprint density at radius 1 is 0.750 bits per heavy atom. The summed E-state index contributed by atoms with van der Waals surface area (Å²) < 4.78 is 7.39. The summed E-state index contributed by atoms with van der Waals surface area (Å²) in [6.45, 7) is 10.3. The number of aryl methyl sites for hydroxylation is 2. The number of rotatable bonds is 9. The van der Waals surface area contributed by atoms with Gasteiger partial charge in [0, 0.05) is 5.56 Å². The van der Waals surface area contributed by atoms with Crippen molar-refractivity contribution >= 4 is 0 Å². The fourth-order valence-corrected chi connectivity index (χ4v) is 4.72. The summed E-state index contributed by atoms with van der Waals surface area (Å²) in [4.78, 5) is 0. The molecular weight excluding hydrogens is 342 g/mol. The lowest BCUT2D eigenvalue weighted by Crippen LogP contribution is -2.48. The van der Waals surface area contributed by atoms with Crippen LogP contribution in [-0.4, -0.2) is 30.7 Å². The molecule has 2 aromatic rings. The number of hydrogen-bond acceptors (Lipinski definition) is 1. The molecule has 0 aliphatic carbocycles. The van der Waals surface area contributed by atoms with Crippen LogP contribution >= 0.6 is 0 Å². The molecular formula is C26H38NO+. The number of likely N-dealkylation sites (tertiary alicyclic amines) is 1. The highest BCUT2D eigenvalue weighted by Gasteiger charge is 2.28. The molecule has 0 amide bonds. The lowest BCUT2D eigenvalue weighted by atomic mass is 10.1. The van der Waals surface area contributed by atoms with Crippen molar-refractivity contribution in [3.63, 3.8) is 0 Å². The highest BCUT2D eigenvalue weighted by Crippen LogP contribution is 2.25. The van der Waals surface area contributed by atoms with E-state index < -0.39 is 0 Å². The van der Waals surface area contributed by atoms with E-state index in [1.165, 1.54) is 85.9 Å². The van der Waals surface area contributed by atoms with Crippen molar-refractivity contribution in [2.45, 2.75) is 65.3 Å². The van der Waals surface area contributed by atoms with Crippen molar-refractivity contribution in [3.05, 3.63) is 65.2 Å². The van der Waals surface area contributed by atoms with Crippen LogP contribution in [0.1, 0.15) is 61.6 Å². The Balaban J connectivity index is 1.47. The van der Waals surface area contributed by atoms with Crippen molar-refractivity contribution in [2.75, 3.05) is 26.2 Å². The highest BCUT2D eigenvalue weighted by molar-refractivity contribution is 5.39. The first kappa shape index (κ1) is 20.9. The van der Waals surface area contributed by atoms with Gasteiger partial charge in [0.1, 0.15) is 12.3 Å². The first-order valence-electron chi connectivity index (χ1n) is 11.3. The van der Waals surface area contributed by atoms with E-state index in [1.54, 1.807) is 0 Å². The van der Waals surface area contributed by atoms with Crippen LogP contribution in [0.25, 0.3) is 0 Å². The zero-order valence-corrected chi connectivity index (χ0v) is 18.0. The number of unbranched alkanes of at least 4 members (excludes halogenated alkanes) is 2. The molecule has 1 fully saturated rings. The summed E-state index contributed by atoms with van der Waals surface area (Å²) in [7, 11) is 0. The van der Waals surface area contributed by atoms with Crippen LogP contribution in [0.5, 0.6) is 5.75 Å². The zero-order chi connectivity index (χ0) is 19.7. The Labute approximate surface area is 172 Å².